The third kappa shape index (κ3) is 5.50. The predicted molar refractivity (Wildman–Crippen MR) is 116 cm³/mol. The molecule has 0 atom stereocenters. The topological polar surface area (TPSA) is 61.9 Å². The van der Waals surface area contributed by atoms with Crippen LogP contribution in [0.2, 0.25) is 0 Å². The highest BCUT2D eigenvalue weighted by Crippen LogP contribution is 2.27. The van der Waals surface area contributed by atoms with E-state index in [-0.39, 0.29) is 18.4 Å². The van der Waals surface area contributed by atoms with Gasteiger partial charge in [0, 0.05) is 32.6 Å². The molecule has 1 aliphatic rings. The summed E-state index contributed by atoms with van der Waals surface area (Å²) in [6.45, 7) is 8.74. The van der Waals surface area contributed by atoms with Gasteiger partial charge in [-0.15, -0.1) is 0 Å². The number of aryl methyl sites for hydroxylation is 2. The molecule has 1 N–H and O–H groups in total. The van der Waals surface area contributed by atoms with E-state index in [1.807, 2.05) is 62.1 Å². The van der Waals surface area contributed by atoms with Gasteiger partial charge in [-0.1, -0.05) is 25.1 Å². The summed E-state index contributed by atoms with van der Waals surface area (Å²) in [4.78, 5) is 28.5. The Balaban J connectivity index is 1.60. The maximum Gasteiger partial charge on any atom is 0.262 e. The van der Waals surface area contributed by atoms with Crippen LogP contribution in [0.4, 0.5) is 11.4 Å². The Morgan fingerprint density at radius 2 is 1.66 bits per heavy atom. The molecule has 29 heavy (non-hydrogen) atoms. The number of nitrogens with one attached hydrogen (secondary N) is 1. The summed E-state index contributed by atoms with van der Waals surface area (Å²) >= 11 is 0. The number of ether oxygens (including phenoxy) is 1. The van der Waals surface area contributed by atoms with Gasteiger partial charge >= 0.3 is 0 Å². The van der Waals surface area contributed by atoms with Crippen molar-refractivity contribution in [1.82, 2.24) is 4.90 Å². The van der Waals surface area contributed by atoms with Crippen LogP contribution in [0.15, 0.2) is 42.5 Å². The molecular weight excluding hydrogens is 366 g/mol. The Kier molecular flexibility index (Phi) is 6.75. The highest BCUT2D eigenvalue weighted by atomic mass is 16.5. The first kappa shape index (κ1) is 20.7. The Morgan fingerprint density at radius 3 is 2.31 bits per heavy atom. The van der Waals surface area contributed by atoms with Crippen molar-refractivity contribution in [2.24, 2.45) is 0 Å². The summed E-state index contributed by atoms with van der Waals surface area (Å²) < 4.78 is 5.67. The minimum atomic E-state index is -0.198. The lowest BCUT2D eigenvalue weighted by molar-refractivity contribution is -0.131. The lowest BCUT2D eigenvalue weighted by atomic mass is 10.1. The monoisotopic (exact) mass is 395 g/mol. The number of nitrogens with zero attached hydrogens (tertiary/aromatic N) is 2. The highest BCUT2D eigenvalue weighted by molar-refractivity contribution is 5.95. The first-order valence-corrected chi connectivity index (χ1v) is 10.1. The number of hydrogen-bond donors (Lipinski definition) is 1. The van der Waals surface area contributed by atoms with Crippen LogP contribution < -0.4 is 15.0 Å². The highest BCUT2D eigenvalue weighted by Gasteiger charge is 2.22. The Morgan fingerprint density at radius 1 is 1.00 bits per heavy atom. The number of carbonyl (C=O) groups excluding carboxylic acids is 2. The van der Waals surface area contributed by atoms with E-state index in [1.54, 1.807) is 0 Å². The van der Waals surface area contributed by atoms with Crippen LogP contribution in [0.1, 0.15) is 24.5 Å². The largest absolute Gasteiger partial charge is 0.484 e. The number of carbonyl (C=O) groups is 2. The number of piperazine rings is 1. The predicted octanol–water partition coefficient (Wildman–Crippen LogP) is 3.38. The number of para-hydroxylation sites is 2. The molecule has 2 aromatic rings. The second-order valence-corrected chi connectivity index (χ2v) is 7.40. The molecule has 2 amide bonds. The van der Waals surface area contributed by atoms with Gasteiger partial charge in [0.25, 0.3) is 5.91 Å². The molecule has 0 radical (unpaired) electrons. The van der Waals surface area contributed by atoms with E-state index in [4.69, 9.17) is 4.74 Å². The van der Waals surface area contributed by atoms with E-state index in [0.29, 0.717) is 25.3 Å². The van der Waals surface area contributed by atoms with Crippen LogP contribution in [0, 0.1) is 13.8 Å². The van der Waals surface area contributed by atoms with Crippen molar-refractivity contribution in [3.8, 4) is 5.75 Å². The van der Waals surface area contributed by atoms with Gasteiger partial charge in [0.1, 0.15) is 5.75 Å². The molecule has 0 saturated carbocycles. The Bertz CT molecular complexity index is 853. The van der Waals surface area contributed by atoms with Gasteiger partial charge in [-0.25, -0.2) is 0 Å². The van der Waals surface area contributed by atoms with Crippen LogP contribution in [0.5, 0.6) is 5.75 Å². The average molecular weight is 396 g/mol. The SMILES string of the molecule is CCC(=O)N1CCN(c2ccccc2NC(=O)COc2cc(C)cc(C)c2)CC1. The first-order chi connectivity index (χ1) is 14.0. The van der Waals surface area contributed by atoms with Crippen LogP contribution >= 0.6 is 0 Å². The van der Waals surface area contributed by atoms with E-state index in [1.165, 1.54) is 0 Å². The molecule has 2 aromatic carbocycles. The fourth-order valence-corrected chi connectivity index (χ4v) is 3.63. The Labute approximate surface area is 172 Å². The van der Waals surface area contributed by atoms with Crippen molar-refractivity contribution in [3.63, 3.8) is 0 Å². The minimum Gasteiger partial charge on any atom is -0.484 e. The average Bonchev–Trinajstić information content (AvgIpc) is 2.71. The molecule has 1 aliphatic heterocycles. The maximum atomic E-state index is 12.5. The van der Waals surface area contributed by atoms with Crippen molar-refractivity contribution in [2.45, 2.75) is 27.2 Å². The molecule has 0 unspecified atom stereocenters. The lowest BCUT2D eigenvalue weighted by Gasteiger charge is -2.36. The summed E-state index contributed by atoms with van der Waals surface area (Å²) in [7, 11) is 0. The second kappa shape index (κ2) is 9.45. The molecule has 0 aliphatic carbocycles. The standard InChI is InChI=1S/C23H29N3O3/c1-4-23(28)26-11-9-25(10-12-26)21-8-6-5-7-20(21)24-22(27)16-29-19-14-17(2)13-18(3)15-19/h5-8,13-15H,4,9-12,16H2,1-3H3,(H,24,27). The summed E-state index contributed by atoms with van der Waals surface area (Å²) in [6, 6.07) is 13.7. The van der Waals surface area contributed by atoms with Gasteiger partial charge in [-0.2, -0.15) is 0 Å². The second-order valence-electron chi connectivity index (χ2n) is 7.40. The molecule has 0 bridgehead atoms. The van der Waals surface area contributed by atoms with Crippen LogP contribution in [-0.4, -0.2) is 49.5 Å². The van der Waals surface area contributed by atoms with Gasteiger partial charge in [-0.05, 0) is 49.2 Å². The van der Waals surface area contributed by atoms with Gasteiger partial charge < -0.3 is 19.9 Å². The molecule has 1 fully saturated rings. The van der Waals surface area contributed by atoms with E-state index in [2.05, 4.69) is 16.3 Å². The zero-order chi connectivity index (χ0) is 20.8. The molecular formula is C23H29N3O3. The fourth-order valence-electron chi connectivity index (χ4n) is 3.63. The van der Waals surface area contributed by atoms with E-state index in [0.717, 1.165) is 35.6 Å². The molecule has 0 aromatic heterocycles. The zero-order valence-corrected chi connectivity index (χ0v) is 17.4. The van der Waals surface area contributed by atoms with Gasteiger partial charge in [0.15, 0.2) is 6.61 Å². The summed E-state index contributed by atoms with van der Waals surface area (Å²) in [6.07, 6.45) is 0.535. The number of amides is 2. The van der Waals surface area contributed by atoms with Crippen molar-refractivity contribution >= 4 is 23.2 Å². The van der Waals surface area contributed by atoms with E-state index < -0.39 is 0 Å². The first-order valence-electron chi connectivity index (χ1n) is 10.1. The van der Waals surface area contributed by atoms with E-state index >= 15 is 0 Å². The third-order valence-corrected chi connectivity index (χ3v) is 5.02. The van der Waals surface area contributed by atoms with Gasteiger partial charge in [-0.3, -0.25) is 9.59 Å². The lowest BCUT2D eigenvalue weighted by Crippen LogP contribution is -2.48. The van der Waals surface area contributed by atoms with Crippen LogP contribution in [0.25, 0.3) is 0 Å². The van der Waals surface area contributed by atoms with Gasteiger partial charge in [0.05, 0.1) is 11.4 Å². The zero-order valence-electron chi connectivity index (χ0n) is 17.4. The number of benzene rings is 2. The summed E-state index contributed by atoms with van der Waals surface area (Å²) in [5.74, 6) is 0.689. The number of rotatable bonds is 6. The van der Waals surface area contributed by atoms with Crippen molar-refractivity contribution in [2.75, 3.05) is 43.0 Å². The minimum absolute atomic E-state index is 0.0456. The molecule has 6 heteroatoms. The third-order valence-electron chi connectivity index (χ3n) is 5.02. The van der Waals surface area contributed by atoms with Crippen molar-refractivity contribution in [3.05, 3.63) is 53.6 Å². The van der Waals surface area contributed by atoms with Crippen molar-refractivity contribution < 1.29 is 14.3 Å². The van der Waals surface area contributed by atoms with Crippen molar-refractivity contribution in [1.29, 1.82) is 0 Å². The number of hydrogen-bond acceptors (Lipinski definition) is 4. The van der Waals surface area contributed by atoms with Gasteiger partial charge in [0.2, 0.25) is 5.91 Å². The summed E-state index contributed by atoms with van der Waals surface area (Å²) in [5.41, 5.74) is 3.94. The van der Waals surface area contributed by atoms with Crippen LogP contribution in [0.3, 0.4) is 0 Å². The molecule has 0 spiro atoms. The number of anilines is 2. The Hall–Kier alpha value is -3.02. The van der Waals surface area contributed by atoms with Crippen LogP contribution in [-0.2, 0) is 9.59 Å². The fraction of sp³-hybridized carbons (Fsp3) is 0.391. The van der Waals surface area contributed by atoms with E-state index in [9.17, 15) is 9.59 Å². The quantitative estimate of drug-likeness (QED) is 0.815. The smallest absolute Gasteiger partial charge is 0.262 e. The molecule has 154 valence electrons. The normalized spacial score (nSPS) is 13.9. The molecule has 3 rings (SSSR count). The molecule has 1 saturated heterocycles. The maximum absolute atomic E-state index is 12.5. The molecule has 1 heterocycles. The summed E-state index contributed by atoms with van der Waals surface area (Å²) in [5, 5.41) is 2.97. The molecule has 6 nitrogen and oxygen atoms in total.